The molecule has 1 aliphatic heterocycles. The minimum absolute atomic E-state index is 0.0719. The third-order valence-corrected chi connectivity index (χ3v) is 4.57. The van der Waals surface area contributed by atoms with Crippen molar-refractivity contribution in [3.63, 3.8) is 0 Å². The molecule has 0 spiro atoms. The Kier molecular flexibility index (Phi) is 4.55. The summed E-state index contributed by atoms with van der Waals surface area (Å²) in [6.45, 7) is 3.81. The fourth-order valence-corrected chi connectivity index (χ4v) is 3.12. The second kappa shape index (κ2) is 6.64. The van der Waals surface area contributed by atoms with Crippen LogP contribution in [0.1, 0.15) is 22.0 Å². The normalized spacial score (nSPS) is 14.2. The van der Waals surface area contributed by atoms with Crippen LogP contribution >= 0.6 is 15.9 Å². The van der Waals surface area contributed by atoms with Crippen LogP contribution in [0.4, 0.5) is 5.69 Å². The number of ether oxygens (including phenoxy) is 1. The van der Waals surface area contributed by atoms with E-state index in [2.05, 4.69) is 22.5 Å². The van der Waals surface area contributed by atoms with Gasteiger partial charge in [-0.15, -0.1) is 0 Å². The zero-order valence-corrected chi connectivity index (χ0v) is 14.9. The van der Waals surface area contributed by atoms with Gasteiger partial charge in [-0.3, -0.25) is 14.5 Å². The molecule has 25 heavy (non-hydrogen) atoms. The maximum Gasteiger partial charge on any atom is 0.335 e. The number of hydrogen-bond acceptors (Lipinski definition) is 4. The third-order valence-electron chi connectivity index (χ3n) is 4.04. The van der Waals surface area contributed by atoms with E-state index in [-0.39, 0.29) is 5.57 Å². The van der Waals surface area contributed by atoms with Gasteiger partial charge >= 0.3 is 5.97 Å². The molecular weight excluding hydrogens is 386 g/mol. The molecule has 2 aromatic rings. The Balaban J connectivity index is 2.16. The fraction of sp³-hybridized carbons (Fsp3) is 0.105. The lowest BCUT2D eigenvalue weighted by molar-refractivity contribution is -0.136. The van der Waals surface area contributed by atoms with Gasteiger partial charge in [-0.1, -0.05) is 46.8 Å². The number of esters is 1. The Bertz CT molecular complexity index is 889. The van der Waals surface area contributed by atoms with Crippen molar-refractivity contribution in [2.75, 3.05) is 12.0 Å². The smallest absolute Gasteiger partial charge is 0.335 e. The monoisotopic (exact) mass is 399 g/mol. The van der Waals surface area contributed by atoms with E-state index in [1.54, 1.807) is 48.5 Å². The molecule has 0 N–H and O–H groups in total. The van der Waals surface area contributed by atoms with Crippen molar-refractivity contribution in [3.8, 4) is 0 Å². The molecule has 6 heteroatoms. The van der Waals surface area contributed by atoms with Gasteiger partial charge in [0.25, 0.3) is 11.7 Å². The number of Topliss-reactive ketones (excluding diaryl/α,β-unsaturated/α-hetero) is 1. The van der Waals surface area contributed by atoms with Gasteiger partial charge in [0.05, 0.1) is 30.0 Å². The van der Waals surface area contributed by atoms with Crippen molar-refractivity contribution in [2.24, 2.45) is 0 Å². The van der Waals surface area contributed by atoms with Gasteiger partial charge in [-0.25, -0.2) is 4.79 Å². The highest BCUT2D eigenvalue weighted by atomic mass is 79.9. The van der Waals surface area contributed by atoms with Crippen LogP contribution in [-0.2, 0) is 14.3 Å². The van der Waals surface area contributed by atoms with Gasteiger partial charge in [0.2, 0.25) is 0 Å². The quantitative estimate of drug-likeness (QED) is 0.448. The third kappa shape index (κ3) is 2.89. The number of halogens is 1. The molecule has 1 amide bonds. The Labute approximate surface area is 153 Å². The molecule has 3 rings (SSSR count). The van der Waals surface area contributed by atoms with E-state index in [0.29, 0.717) is 16.8 Å². The molecular formula is C19H14BrNO4. The topological polar surface area (TPSA) is 63.7 Å². The highest BCUT2D eigenvalue weighted by Crippen LogP contribution is 2.39. The number of ketones is 1. The van der Waals surface area contributed by atoms with Crippen molar-refractivity contribution in [2.45, 2.75) is 6.04 Å². The molecule has 126 valence electrons. The molecule has 0 saturated heterocycles. The van der Waals surface area contributed by atoms with Crippen LogP contribution in [0.15, 0.2) is 65.2 Å². The van der Waals surface area contributed by atoms with E-state index >= 15 is 0 Å². The summed E-state index contributed by atoms with van der Waals surface area (Å²) < 4.78 is 5.63. The summed E-state index contributed by atoms with van der Waals surface area (Å²) in [5.74, 6) is -1.94. The number of anilines is 1. The number of para-hydroxylation sites is 1. The predicted molar refractivity (Wildman–Crippen MR) is 96.3 cm³/mol. The van der Waals surface area contributed by atoms with Crippen molar-refractivity contribution < 1.29 is 19.1 Å². The Morgan fingerprint density at radius 1 is 1.12 bits per heavy atom. The highest BCUT2D eigenvalue weighted by molar-refractivity contribution is 9.10. The average molecular weight is 400 g/mol. The van der Waals surface area contributed by atoms with Crippen molar-refractivity contribution >= 4 is 39.3 Å². The lowest BCUT2D eigenvalue weighted by Crippen LogP contribution is -2.36. The average Bonchev–Trinajstić information content (AvgIpc) is 2.88. The zero-order chi connectivity index (χ0) is 18.1. The van der Waals surface area contributed by atoms with Gasteiger partial charge in [-0.2, -0.15) is 0 Å². The molecule has 0 fully saturated rings. The highest BCUT2D eigenvalue weighted by Gasteiger charge is 2.42. The summed E-state index contributed by atoms with van der Waals surface area (Å²) in [5, 5.41) is 0. The molecule has 1 heterocycles. The number of nitrogens with zero attached hydrogens (tertiary/aromatic N) is 1. The molecule has 0 aromatic heterocycles. The first-order valence-corrected chi connectivity index (χ1v) is 8.24. The van der Waals surface area contributed by atoms with Crippen LogP contribution in [0.25, 0.3) is 0 Å². The van der Waals surface area contributed by atoms with Crippen molar-refractivity contribution in [1.82, 2.24) is 0 Å². The Morgan fingerprint density at radius 2 is 1.76 bits per heavy atom. The van der Waals surface area contributed by atoms with Crippen LogP contribution in [0, 0.1) is 0 Å². The number of carbonyl (C=O) groups excluding carboxylic acids is 3. The van der Waals surface area contributed by atoms with Crippen LogP contribution < -0.4 is 4.90 Å². The predicted octanol–water partition coefficient (Wildman–Crippen LogP) is 3.45. The second-order valence-electron chi connectivity index (χ2n) is 5.49. The first-order chi connectivity index (χ1) is 12.0. The van der Waals surface area contributed by atoms with E-state index in [0.717, 1.165) is 4.47 Å². The van der Waals surface area contributed by atoms with Crippen LogP contribution in [-0.4, -0.2) is 24.8 Å². The van der Waals surface area contributed by atoms with Gasteiger partial charge in [0, 0.05) is 4.47 Å². The first kappa shape index (κ1) is 17.1. The second-order valence-corrected chi connectivity index (χ2v) is 6.41. The van der Waals surface area contributed by atoms with Crippen LogP contribution in [0.5, 0.6) is 0 Å². The first-order valence-electron chi connectivity index (χ1n) is 7.45. The lowest BCUT2D eigenvalue weighted by Gasteiger charge is -2.29. The van der Waals surface area contributed by atoms with Gasteiger partial charge in [-0.05, 0) is 29.8 Å². The SMILES string of the molecule is C=C(C(=O)OC)[C@H](c1ccc(Br)cc1)N1C(=O)C(=O)c2ccccc21. The Hall–Kier alpha value is -2.73. The summed E-state index contributed by atoms with van der Waals surface area (Å²) in [6.07, 6.45) is 0. The summed E-state index contributed by atoms with van der Waals surface area (Å²) in [5.41, 5.74) is 1.49. The number of rotatable bonds is 4. The van der Waals surface area contributed by atoms with Crippen LogP contribution in [0.2, 0.25) is 0 Å². The summed E-state index contributed by atoms with van der Waals surface area (Å²) >= 11 is 3.36. The molecule has 2 aromatic carbocycles. The molecule has 0 radical (unpaired) electrons. The number of methoxy groups -OCH3 is 1. The molecule has 0 aliphatic carbocycles. The number of fused-ring (bicyclic) bond motifs is 1. The minimum Gasteiger partial charge on any atom is -0.466 e. The number of hydrogen-bond donors (Lipinski definition) is 0. The summed E-state index contributed by atoms with van der Waals surface area (Å²) in [4.78, 5) is 38.3. The molecule has 0 bridgehead atoms. The zero-order valence-electron chi connectivity index (χ0n) is 13.4. The van der Waals surface area contributed by atoms with E-state index in [9.17, 15) is 14.4 Å². The van der Waals surface area contributed by atoms with Crippen LogP contribution in [0.3, 0.4) is 0 Å². The van der Waals surface area contributed by atoms with E-state index in [1.165, 1.54) is 12.0 Å². The van der Waals surface area contributed by atoms with E-state index in [4.69, 9.17) is 4.74 Å². The maximum atomic E-state index is 12.6. The summed E-state index contributed by atoms with van der Waals surface area (Å²) in [6, 6.07) is 13.0. The van der Waals surface area contributed by atoms with Crippen molar-refractivity contribution in [3.05, 3.63) is 76.3 Å². The van der Waals surface area contributed by atoms with Crippen molar-refractivity contribution in [1.29, 1.82) is 0 Å². The van der Waals surface area contributed by atoms with Gasteiger partial charge in [0.1, 0.15) is 0 Å². The number of amides is 1. The Morgan fingerprint density at radius 3 is 2.40 bits per heavy atom. The minimum atomic E-state index is -0.833. The molecule has 0 saturated carbocycles. The molecule has 1 atom stereocenters. The van der Waals surface area contributed by atoms with Gasteiger partial charge in [0.15, 0.2) is 0 Å². The number of benzene rings is 2. The molecule has 0 unspecified atom stereocenters. The largest absolute Gasteiger partial charge is 0.466 e. The summed E-state index contributed by atoms with van der Waals surface area (Å²) in [7, 11) is 1.25. The van der Waals surface area contributed by atoms with E-state index in [1.807, 2.05) is 0 Å². The lowest BCUT2D eigenvalue weighted by atomic mass is 9.98. The maximum absolute atomic E-state index is 12.6. The standard InChI is InChI=1S/C19H14BrNO4/c1-11(19(24)25-2)16(12-7-9-13(20)10-8-12)21-15-6-4-3-5-14(15)17(22)18(21)23/h3-10,16H,1H2,2H3/t16-/m1/s1. The fourth-order valence-electron chi connectivity index (χ4n) is 2.86. The van der Waals surface area contributed by atoms with Gasteiger partial charge < -0.3 is 4.74 Å². The number of carbonyl (C=O) groups is 3. The molecule has 5 nitrogen and oxygen atoms in total. The molecule has 1 aliphatic rings. The van der Waals surface area contributed by atoms with E-state index < -0.39 is 23.7 Å².